The van der Waals surface area contributed by atoms with Crippen LogP contribution in [0.5, 0.6) is 5.75 Å². The van der Waals surface area contributed by atoms with Gasteiger partial charge in [-0.25, -0.2) is 0 Å². The lowest BCUT2D eigenvalue weighted by atomic mass is 9.58. The molecule has 0 spiro atoms. The van der Waals surface area contributed by atoms with Crippen molar-refractivity contribution < 1.29 is 48.0 Å². The van der Waals surface area contributed by atoms with Crippen LogP contribution in [0.4, 0.5) is 13.2 Å². The molecule has 4 atom stereocenters. The summed E-state index contributed by atoms with van der Waals surface area (Å²) in [5, 5.41) is 45.0. The zero-order valence-electron chi connectivity index (χ0n) is 25.6. The van der Waals surface area contributed by atoms with Gasteiger partial charge in [0, 0.05) is 24.6 Å². The molecule has 2 aromatic rings. The molecule has 10 nitrogen and oxygen atoms in total. The molecular formula is C33H36F3N3O7. The molecule has 0 aromatic heterocycles. The van der Waals surface area contributed by atoms with Crippen molar-refractivity contribution in [1.82, 2.24) is 9.80 Å². The number of likely N-dealkylation sites (N-methyl/N-ethyl adjacent to an activating group) is 2. The van der Waals surface area contributed by atoms with Crippen molar-refractivity contribution in [2.45, 2.75) is 50.6 Å². The zero-order chi connectivity index (χ0) is 33.9. The van der Waals surface area contributed by atoms with Crippen LogP contribution in [-0.2, 0) is 35.2 Å². The van der Waals surface area contributed by atoms with Crippen molar-refractivity contribution in [3.05, 3.63) is 86.9 Å². The van der Waals surface area contributed by atoms with Gasteiger partial charge in [-0.3, -0.25) is 24.2 Å². The van der Waals surface area contributed by atoms with E-state index in [2.05, 4.69) is 0 Å². The summed E-state index contributed by atoms with van der Waals surface area (Å²) >= 11 is 0. The third kappa shape index (κ3) is 5.25. The fraction of sp³-hybridized carbons (Fsp3) is 0.424. The van der Waals surface area contributed by atoms with Crippen molar-refractivity contribution in [1.29, 1.82) is 0 Å². The van der Waals surface area contributed by atoms with Gasteiger partial charge in [-0.2, -0.15) is 13.2 Å². The maximum Gasteiger partial charge on any atom is 0.417 e. The van der Waals surface area contributed by atoms with Crippen LogP contribution >= 0.6 is 0 Å². The van der Waals surface area contributed by atoms with Gasteiger partial charge >= 0.3 is 6.18 Å². The van der Waals surface area contributed by atoms with Gasteiger partial charge in [0.05, 0.1) is 17.2 Å². The zero-order valence-corrected chi connectivity index (χ0v) is 25.6. The predicted octanol–water partition coefficient (Wildman–Crippen LogP) is 3.20. The number of carbonyl (C=O) groups is 3. The Labute approximate surface area is 263 Å². The molecule has 46 heavy (non-hydrogen) atoms. The summed E-state index contributed by atoms with van der Waals surface area (Å²) in [6, 6.07) is 9.10. The standard InChI is InChI=1S/C33H36F3N3O7/c1-4-39(11-10-16-8-6-5-7-9-16)15-18-14-21(40)23-19(25(18)33(34,35)36)12-17-13-20-26(38(2)3)28(42)24(31(37)45)30(44)32(20,46)29(43)22(17)27(23)41/h5-9,14,17,20,26,40,42-43,46H,4,10-13,15H2,1-3H3,(H2,37,45)/t17-,20-,26-,32-/m0/s1. The number of phenolic OH excluding ortho intramolecular Hbond substituents is 1. The van der Waals surface area contributed by atoms with Gasteiger partial charge in [-0.15, -0.1) is 0 Å². The second-order valence-electron chi connectivity index (χ2n) is 12.3. The highest BCUT2D eigenvalue weighted by molar-refractivity contribution is 6.24. The minimum atomic E-state index is -4.92. The smallest absolute Gasteiger partial charge is 0.417 e. The van der Waals surface area contributed by atoms with Crippen LogP contribution in [0.2, 0.25) is 0 Å². The summed E-state index contributed by atoms with van der Waals surface area (Å²) in [4.78, 5) is 42.6. The maximum atomic E-state index is 14.9. The molecule has 0 aliphatic heterocycles. The maximum absolute atomic E-state index is 14.9. The molecule has 2 aromatic carbocycles. The number of phenols is 1. The Morgan fingerprint density at radius 1 is 1.11 bits per heavy atom. The summed E-state index contributed by atoms with van der Waals surface area (Å²) in [7, 11) is 2.94. The van der Waals surface area contributed by atoms with E-state index in [9.17, 15) is 48.0 Å². The number of halogens is 3. The number of amides is 1. The normalized spacial score (nSPS) is 24.8. The summed E-state index contributed by atoms with van der Waals surface area (Å²) in [6.45, 7) is 2.49. The molecule has 5 rings (SSSR count). The summed E-state index contributed by atoms with van der Waals surface area (Å²) in [6.07, 6.45) is -5.11. The number of nitrogens with zero attached hydrogens (tertiary/aromatic N) is 2. The highest BCUT2D eigenvalue weighted by Gasteiger charge is 2.63. The number of benzene rings is 2. The Bertz CT molecular complexity index is 1670. The van der Waals surface area contributed by atoms with E-state index in [4.69, 9.17) is 5.73 Å². The molecule has 0 bridgehead atoms. The third-order valence-electron chi connectivity index (χ3n) is 9.49. The van der Waals surface area contributed by atoms with Gasteiger partial charge in [0.15, 0.2) is 11.4 Å². The number of hydrogen-bond acceptors (Lipinski definition) is 9. The van der Waals surface area contributed by atoms with E-state index in [-0.39, 0.29) is 18.5 Å². The monoisotopic (exact) mass is 643 g/mol. The molecule has 246 valence electrons. The highest BCUT2D eigenvalue weighted by atomic mass is 19.4. The van der Waals surface area contributed by atoms with Crippen LogP contribution in [0, 0.1) is 11.8 Å². The van der Waals surface area contributed by atoms with E-state index >= 15 is 0 Å². The van der Waals surface area contributed by atoms with Gasteiger partial charge in [0.1, 0.15) is 22.8 Å². The quantitative estimate of drug-likeness (QED) is 0.272. The number of rotatable bonds is 8. The number of Topliss-reactive ketones (excluding diaryl/α,β-unsaturated/α-hetero) is 2. The lowest BCUT2D eigenvalue weighted by Crippen LogP contribution is -2.63. The second kappa shape index (κ2) is 11.9. The van der Waals surface area contributed by atoms with Crippen LogP contribution in [0.15, 0.2) is 59.1 Å². The molecule has 13 heteroatoms. The fourth-order valence-electron chi connectivity index (χ4n) is 7.39. The number of aromatic hydroxyl groups is 1. The topological polar surface area (TPSA) is 165 Å². The van der Waals surface area contributed by atoms with E-state index in [1.165, 1.54) is 19.0 Å². The Morgan fingerprint density at radius 3 is 2.33 bits per heavy atom. The second-order valence-corrected chi connectivity index (χ2v) is 12.3. The van der Waals surface area contributed by atoms with Crippen LogP contribution < -0.4 is 5.73 Å². The van der Waals surface area contributed by atoms with Crippen LogP contribution in [0.25, 0.3) is 0 Å². The van der Waals surface area contributed by atoms with Crippen molar-refractivity contribution in [2.75, 3.05) is 27.2 Å². The molecule has 3 aliphatic rings. The van der Waals surface area contributed by atoms with Gasteiger partial charge in [0.2, 0.25) is 5.78 Å². The van der Waals surface area contributed by atoms with Gasteiger partial charge in [-0.1, -0.05) is 37.3 Å². The van der Waals surface area contributed by atoms with Gasteiger partial charge < -0.3 is 26.2 Å². The summed E-state index contributed by atoms with van der Waals surface area (Å²) in [5.74, 6) is -9.06. The molecule has 0 saturated carbocycles. The average molecular weight is 644 g/mol. The van der Waals surface area contributed by atoms with Crippen molar-refractivity contribution >= 4 is 17.5 Å². The summed E-state index contributed by atoms with van der Waals surface area (Å²) < 4.78 is 44.6. The number of primary amides is 1. The first-order valence-corrected chi connectivity index (χ1v) is 14.9. The van der Waals surface area contributed by atoms with E-state index in [0.29, 0.717) is 19.5 Å². The number of alkyl halides is 3. The first kappa shape index (κ1) is 33.2. The SMILES string of the molecule is CCN(CCc1ccccc1)Cc1cc(O)c2c(c1C(F)(F)F)C[C@H]1C[C@H]3[C@H](N(C)C)C(O)=C(C(N)=O)C(=O)[C@@]3(O)C(O)=C1C2=O. The number of nitrogens with two attached hydrogens (primary N) is 1. The third-order valence-corrected chi connectivity index (χ3v) is 9.49. The molecule has 0 fully saturated rings. The van der Waals surface area contributed by atoms with E-state index in [1.54, 1.807) is 4.90 Å². The van der Waals surface area contributed by atoms with E-state index in [0.717, 1.165) is 11.6 Å². The van der Waals surface area contributed by atoms with Gasteiger partial charge in [0.25, 0.3) is 5.91 Å². The average Bonchev–Trinajstić information content (AvgIpc) is 2.96. The number of carbonyl (C=O) groups excluding carboxylic acids is 3. The minimum Gasteiger partial charge on any atom is -0.510 e. The lowest BCUT2D eigenvalue weighted by Gasteiger charge is -2.50. The van der Waals surface area contributed by atoms with Crippen molar-refractivity contribution in [3.8, 4) is 5.75 Å². The van der Waals surface area contributed by atoms with Gasteiger partial charge in [-0.05, 0) is 68.6 Å². The molecule has 0 saturated heterocycles. The largest absolute Gasteiger partial charge is 0.510 e. The van der Waals surface area contributed by atoms with Crippen molar-refractivity contribution in [3.63, 3.8) is 0 Å². The van der Waals surface area contributed by atoms with E-state index in [1.807, 2.05) is 37.3 Å². The first-order valence-electron chi connectivity index (χ1n) is 14.9. The van der Waals surface area contributed by atoms with Crippen LogP contribution in [0.3, 0.4) is 0 Å². The lowest BCUT2D eigenvalue weighted by molar-refractivity contribution is -0.148. The Balaban J connectivity index is 1.61. The first-order chi connectivity index (χ1) is 21.5. The van der Waals surface area contributed by atoms with Crippen LogP contribution in [0.1, 0.15) is 46.0 Å². The predicted molar refractivity (Wildman–Crippen MR) is 160 cm³/mol. The molecule has 0 heterocycles. The Kier molecular flexibility index (Phi) is 8.56. The number of allylic oxidation sites excluding steroid dienone is 1. The number of ketones is 2. The number of aliphatic hydroxyl groups is 3. The Morgan fingerprint density at radius 2 is 1.76 bits per heavy atom. The summed E-state index contributed by atoms with van der Waals surface area (Å²) in [5.41, 5.74) is -0.433. The number of hydrogen-bond donors (Lipinski definition) is 5. The van der Waals surface area contributed by atoms with Crippen molar-refractivity contribution in [2.24, 2.45) is 17.6 Å². The number of aliphatic hydroxyl groups excluding tert-OH is 2. The minimum absolute atomic E-state index is 0.167. The molecular weight excluding hydrogens is 607 g/mol. The molecule has 3 aliphatic carbocycles. The highest BCUT2D eigenvalue weighted by Crippen LogP contribution is 2.54. The molecule has 0 radical (unpaired) electrons. The number of fused-ring (bicyclic) bond motifs is 3. The molecule has 6 N–H and O–H groups in total. The van der Waals surface area contributed by atoms with E-state index < -0.39 is 98.7 Å². The Hall–Kier alpha value is -4.20. The van der Waals surface area contributed by atoms with Crippen LogP contribution in [-0.4, -0.2) is 86.5 Å². The molecule has 1 amide bonds. The molecule has 0 unspecified atom stereocenters. The fourth-order valence-corrected chi connectivity index (χ4v) is 7.39.